The van der Waals surface area contributed by atoms with Crippen LogP contribution in [0.15, 0.2) is 24.3 Å². The van der Waals surface area contributed by atoms with Crippen molar-refractivity contribution >= 4 is 24.0 Å². The molecule has 5 heteroatoms. The van der Waals surface area contributed by atoms with Crippen molar-refractivity contribution in [3.63, 3.8) is 0 Å². The number of hydrogen-bond donors (Lipinski definition) is 2. The maximum absolute atomic E-state index is 11.9. The van der Waals surface area contributed by atoms with Crippen molar-refractivity contribution < 1.29 is 4.79 Å². The Hall–Kier alpha value is -1.10. The minimum Gasteiger partial charge on any atom is -0.329 e. The van der Waals surface area contributed by atoms with E-state index in [0.717, 1.165) is 25.1 Å². The molecule has 4 nitrogen and oxygen atoms in total. The Kier molecular flexibility index (Phi) is 6.28. The van der Waals surface area contributed by atoms with Crippen molar-refractivity contribution in [2.24, 2.45) is 5.73 Å². The summed E-state index contributed by atoms with van der Waals surface area (Å²) in [5, 5.41) is 2.92. The molecule has 0 aliphatic carbocycles. The number of nitrogens with zero attached hydrogens (tertiary/aromatic N) is 1. The standard InChI is InChI=1S/C14H21N3O.ClH/c1-11-4-6-12(7-5-11)16-14(18)10-17-8-2-3-13(17)9-15;/h4-7,13H,2-3,8-10,15H2,1H3,(H,16,18);1H. The lowest BCUT2D eigenvalue weighted by molar-refractivity contribution is -0.117. The summed E-state index contributed by atoms with van der Waals surface area (Å²) in [6.07, 6.45) is 2.24. The zero-order valence-electron chi connectivity index (χ0n) is 11.3. The van der Waals surface area contributed by atoms with Crippen LogP contribution in [0.5, 0.6) is 0 Å². The van der Waals surface area contributed by atoms with Gasteiger partial charge in [-0.1, -0.05) is 17.7 Å². The summed E-state index contributed by atoms with van der Waals surface area (Å²) in [4.78, 5) is 14.1. The normalized spacial score (nSPS) is 18.9. The molecule has 19 heavy (non-hydrogen) atoms. The number of carbonyl (C=O) groups excluding carboxylic acids is 1. The predicted molar refractivity (Wildman–Crippen MR) is 80.7 cm³/mol. The van der Waals surface area contributed by atoms with E-state index in [9.17, 15) is 4.79 Å². The van der Waals surface area contributed by atoms with E-state index in [2.05, 4.69) is 10.2 Å². The van der Waals surface area contributed by atoms with E-state index in [-0.39, 0.29) is 18.3 Å². The second kappa shape index (κ2) is 7.48. The fourth-order valence-corrected chi connectivity index (χ4v) is 2.39. The number of likely N-dealkylation sites (tertiary alicyclic amines) is 1. The van der Waals surface area contributed by atoms with Crippen molar-refractivity contribution in [3.05, 3.63) is 29.8 Å². The molecule has 1 aliphatic heterocycles. The van der Waals surface area contributed by atoms with Crippen LogP contribution in [0.25, 0.3) is 0 Å². The van der Waals surface area contributed by atoms with Crippen molar-refractivity contribution in [1.82, 2.24) is 4.90 Å². The highest BCUT2D eigenvalue weighted by atomic mass is 35.5. The fourth-order valence-electron chi connectivity index (χ4n) is 2.39. The highest BCUT2D eigenvalue weighted by molar-refractivity contribution is 5.92. The number of anilines is 1. The molecule has 1 amide bonds. The highest BCUT2D eigenvalue weighted by Crippen LogP contribution is 2.16. The zero-order chi connectivity index (χ0) is 13.0. The Morgan fingerprint density at radius 3 is 2.74 bits per heavy atom. The summed E-state index contributed by atoms with van der Waals surface area (Å²) in [6, 6.07) is 8.21. The maximum atomic E-state index is 11.9. The van der Waals surface area contributed by atoms with Crippen LogP contribution in [0, 0.1) is 6.92 Å². The molecule has 1 aromatic rings. The minimum atomic E-state index is 0. The lowest BCUT2D eigenvalue weighted by atomic mass is 10.2. The highest BCUT2D eigenvalue weighted by Gasteiger charge is 2.24. The Labute approximate surface area is 120 Å². The first-order valence-corrected chi connectivity index (χ1v) is 6.49. The summed E-state index contributed by atoms with van der Waals surface area (Å²) in [6.45, 7) is 4.08. The van der Waals surface area contributed by atoms with Crippen LogP contribution in [0.1, 0.15) is 18.4 Å². The summed E-state index contributed by atoms with van der Waals surface area (Å²) in [5.41, 5.74) is 7.74. The lowest BCUT2D eigenvalue weighted by Gasteiger charge is -2.22. The first kappa shape index (κ1) is 16.0. The number of carbonyl (C=O) groups is 1. The van der Waals surface area contributed by atoms with Crippen LogP contribution in [-0.4, -0.2) is 36.5 Å². The quantitative estimate of drug-likeness (QED) is 0.886. The second-order valence-electron chi connectivity index (χ2n) is 4.92. The molecule has 1 aliphatic rings. The number of hydrogen-bond acceptors (Lipinski definition) is 3. The van der Waals surface area contributed by atoms with Gasteiger partial charge in [-0.05, 0) is 38.4 Å². The van der Waals surface area contributed by atoms with Gasteiger partial charge < -0.3 is 11.1 Å². The molecule has 1 fully saturated rings. The average Bonchev–Trinajstić information content (AvgIpc) is 2.79. The fraction of sp³-hybridized carbons (Fsp3) is 0.500. The van der Waals surface area contributed by atoms with Crippen LogP contribution < -0.4 is 11.1 Å². The van der Waals surface area contributed by atoms with Gasteiger partial charge in [-0.25, -0.2) is 0 Å². The molecule has 0 radical (unpaired) electrons. The third-order valence-corrected chi connectivity index (χ3v) is 3.45. The number of benzene rings is 1. The maximum Gasteiger partial charge on any atom is 0.238 e. The van der Waals surface area contributed by atoms with Crippen LogP contribution >= 0.6 is 12.4 Å². The van der Waals surface area contributed by atoms with Gasteiger partial charge in [-0.15, -0.1) is 12.4 Å². The van der Waals surface area contributed by atoms with Crippen molar-refractivity contribution in [1.29, 1.82) is 0 Å². The average molecular weight is 284 g/mol. The molecule has 1 heterocycles. The summed E-state index contributed by atoms with van der Waals surface area (Å²) in [5.74, 6) is 0.0409. The zero-order valence-corrected chi connectivity index (χ0v) is 12.1. The summed E-state index contributed by atoms with van der Waals surface area (Å²) >= 11 is 0. The Bertz CT molecular complexity index is 408. The number of halogens is 1. The third-order valence-electron chi connectivity index (χ3n) is 3.45. The van der Waals surface area contributed by atoms with E-state index < -0.39 is 0 Å². The summed E-state index contributed by atoms with van der Waals surface area (Å²) in [7, 11) is 0. The predicted octanol–water partition coefficient (Wildman–Crippen LogP) is 1.78. The number of rotatable bonds is 4. The van der Waals surface area contributed by atoms with Gasteiger partial charge in [0.1, 0.15) is 0 Å². The summed E-state index contributed by atoms with van der Waals surface area (Å²) < 4.78 is 0. The minimum absolute atomic E-state index is 0. The lowest BCUT2D eigenvalue weighted by Crippen LogP contribution is -2.40. The molecule has 1 aromatic carbocycles. The molecule has 0 aromatic heterocycles. The third kappa shape index (κ3) is 4.49. The number of amides is 1. The molecule has 2 rings (SSSR count). The van der Waals surface area contributed by atoms with E-state index in [4.69, 9.17) is 5.73 Å². The molecule has 0 saturated carbocycles. The molecule has 106 valence electrons. The molecular weight excluding hydrogens is 262 g/mol. The van der Waals surface area contributed by atoms with E-state index in [1.165, 1.54) is 5.56 Å². The van der Waals surface area contributed by atoms with Gasteiger partial charge >= 0.3 is 0 Å². The molecule has 0 bridgehead atoms. The van der Waals surface area contributed by atoms with E-state index in [1.54, 1.807) is 0 Å². The van der Waals surface area contributed by atoms with Crippen LogP contribution in [-0.2, 0) is 4.79 Å². The number of nitrogens with two attached hydrogens (primary N) is 1. The van der Waals surface area contributed by atoms with Gasteiger partial charge in [0.2, 0.25) is 5.91 Å². The van der Waals surface area contributed by atoms with Gasteiger partial charge in [0.15, 0.2) is 0 Å². The monoisotopic (exact) mass is 283 g/mol. The Morgan fingerprint density at radius 2 is 2.11 bits per heavy atom. The molecular formula is C14H22ClN3O. The van der Waals surface area contributed by atoms with Crippen molar-refractivity contribution in [2.45, 2.75) is 25.8 Å². The van der Waals surface area contributed by atoms with E-state index in [1.807, 2.05) is 31.2 Å². The van der Waals surface area contributed by atoms with Gasteiger partial charge in [-0.2, -0.15) is 0 Å². The van der Waals surface area contributed by atoms with Gasteiger partial charge in [0, 0.05) is 18.3 Å². The molecule has 1 saturated heterocycles. The molecule has 3 N–H and O–H groups in total. The number of nitrogens with one attached hydrogen (secondary N) is 1. The topological polar surface area (TPSA) is 58.4 Å². The SMILES string of the molecule is Cc1ccc(NC(=O)CN2CCCC2CN)cc1.Cl. The second-order valence-corrected chi connectivity index (χ2v) is 4.92. The molecule has 1 unspecified atom stereocenters. The first-order chi connectivity index (χ1) is 8.69. The smallest absolute Gasteiger partial charge is 0.238 e. The molecule has 1 atom stereocenters. The van der Waals surface area contributed by atoms with Gasteiger partial charge in [0.05, 0.1) is 6.54 Å². The van der Waals surface area contributed by atoms with Crippen LogP contribution in [0.2, 0.25) is 0 Å². The Morgan fingerprint density at radius 1 is 1.42 bits per heavy atom. The van der Waals surface area contributed by atoms with Crippen LogP contribution in [0.3, 0.4) is 0 Å². The van der Waals surface area contributed by atoms with E-state index in [0.29, 0.717) is 19.1 Å². The van der Waals surface area contributed by atoms with Crippen LogP contribution in [0.4, 0.5) is 5.69 Å². The van der Waals surface area contributed by atoms with Gasteiger partial charge in [0.25, 0.3) is 0 Å². The Balaban J connectivity index is 0.00000180. The molecule has 0 spiro atoms. The van der Waals surface area contributed by atoms with Crippen molar-refractivity contribution in [2.75, 3.05) is 25.0 Å². The largest absolute Gasteiger partial charge is 0.329 e. The van der Waals surface area contributed by atoms with E-state index >= 15 is 0 Å². The van der Waals surface area contributed by atoms with Gasteiger partial charge in [-0.3, -0.25) is 9.69 Å². The van der Waals surface area contributed by atoms with Crippen molar-refractivity contribution in [3.8, 4) is 0 Å². The number of aryl methyl sites for hydroxylation is 1. The first-order valence-electron chi connectivity index (χ1n) is 6.49.